The Kier molecular flexibility index (Phi) is 5.22. The zero-order chi connectivity index (χ0) is 24.5. The van der Waals surface area contributed by atoms with Crippen LogP contribution < -0.4 is 10.6 Å². The lowest BCUT2D eigenvalue weighted by atomic mass is 9.47. The van der Waals surface area contributed by atoms with Crippen molar-refractivity contribution in [3.05, 3.63) is 35.6 Å². The Hall–Kier alpha value is -2.65. The summed E-state index contributed by atoms with van der Waals surface area (Å²) in [5.41, 5.74) is -4.23. The molecule has 34 heavy (non-hydrogen) atoms. The average molecular weight is 481 g/mol. The third-order valence-corrected chi connectivity index (χ3v) is 8.38. The minimum absolute atomic E-state index is 0.265. The van der Waals surface area contributed by atoms with E-state index < -0.39 is 41.5 Å². The van der Waals surface area contributed by atoms with Crippen molar-refractivity contribution in [3.8, 4) is 0 Å². The van der Waals surface area contributed by atoms with Gasteiger partial charge in [0.25, 0.3) is 17.5 Å². The summed E-state index contributed by atoms with van der Waals surface area (Å²) in [6.45, 7) is 1.79. The first-order chi connectivity index (χ1) is 16.0. The van der Waals surface area contributed by atoms with Gasteiger partial charge in [-0.05, 0) is 92.4 Å². The van der Waals surface area contributed by atoms with E-state index in [-0.39, 0.29) is 11.0 Å². The zero-order valence-corrected chi connectivity index (χ0v) is 18.8. The summed E-state index contributed by atoms with van der Waals surface area (Å²) in [5.74, 6) is -1.98. The van der Waals surface area contributed by atoms with Crippen LogP contribution in [0.5, 0.6) is 0 Å². The molecule has 4 saturated carbocycles. The van der Waals surface area contributed by atoms with Crippen LogP contribution in [0.2, 0.25) is 0 Å². The number of carbonyl (C=O) groups excluding carboxylic acids is 3. The Morgan fingerprint density at radius 3 is 2.09 bits per heavy atom. The molecular weight excluding hydrogens is 454 g/mol. The summed E-state index contributed by atoms with van der Waals surface area (Å²) < 4.78 is 56.2. The highest BCUT2D eigenvalue weighted by atomic mass is 19.4. The number of nitrogens with one attached hydrogen (secondary N) is 2. The molecule has 5 fully saturated rings. The van der Waals surface area contributed by atoms with E-state index in [2.05, 4.69) is 0 Å². The van der Waals surface area contributed by atoms with Crippen LogP contribution in [-0.2, 0) is 4.79 Å². The van der Waals surface area contributed by atoms with Crippen LogP contribution in [0.3, 0.4) is 0 Å². The SMILES string of the molecule is CC[C@H](N1C(=O)N[C@](NC(=O)c2ccc(F)cc2)(C(F)(F)F)C1=O)C12CC3CC(CC(C3)C1)C2. The van der Waals surface area contributed by atoms with Crippen molar-refractivity contribution in [2.24, 2.45) is 23.2 Å². The number of alkyl halides is 3. The molecule has 2 N–H and O–H groups in total. The lowest BCUT2D eigenvalue weighted by Crippen LogP contribution is -2.70. The number of urea groups is 1. The number of hydrogen-bond donors (Lipinski definition) is 2. The fraction of sp³-hybridized carbons (Fsp3) is 0.625. The highest BCUT2D eigenvalue weighted by Crippen LogP contribution is 2.62. The van der Waals surface area contributed by atoms with E-state index in [1.165, 1.54) is 0 Å². The summed E-state index contributed by atoms with van der Waals surface area (Å²) in [7, 11) is 0. The largest absolute Gasteiger partial charge is 0.440 e. The van der Waals surface area contributed by atoms with Crippen LogP contribution in [-0.4, -0.2) is 40.6 Å². The fourth-order valence-corrected chi connectivity index (χ4v) is 7.50. The molecule has 6 nitrogen and oxygen atoms in total. The molecule has 0 spiro atoms. The molecule has 1 aliphatic heterocycles. The van der Waals surface area contributed by atoms with Crippen molar-refractivity contribution in [1.82, 2.24) is 15.5 Å². The maximum Gasteiger partial charge on any atom is 0.440 e. The van der Waals surface area contributed by atoms with E-state index in [1.807, 2.05) is 0 Å². The van der Waals surface area contributed by atoms with Gasteiger partial charge in [0.15, 0.2) is 0 Å². The standard InChI is InChI=1S/C24H27F4N3O3/c1-2-18(22-10-13-7-14(11-22)9-15(8-13)12-22)31-20(33)23(24(26,27)28,30-21(31)34)29-19(32)16-3-5-17(25)6-4-16/h3-6,13-15,18H,2,7-12H2,1H3,(H,29,32)(H,30,34)/t13?,14?,15?,18-,22?,23-/m0/s1. The number of imide groups is 1. The number of halogens is 4. The van der Waals surface area contributed by atoms with Crippen LogP contribution in [0.1, 0.15) is 62.2 Å². The van der Waals surface area contributed by atoms with Gasteiger partial charge in [-0.3, -0.25) is 19.8 Å². The van der Waals surface area contributed by atoms with Crippen molar-refractivity contribution < 1.29 is 31.9 Å². The molecule has 4 bridgehead atoms. The molecule has 0 unspecified atom stereocenters. The van der Waals surface area contributed by atoms with Crippen molar-refractivity contribution in [3.63, 3.8) is 0 Å². The van der Waals surface area contributed by atoms with Crippen LogP contribution in [0.15, 0.2) is 24.3 Å². The normalized spacial score (nSPS) is 35.4. The predicted octanol–water partition coefficient (Wildman–Crippen LogP) is 4.36. The number of rotatable bonds is 5. The molecule has 4 aliphatic carbocycles. The molecule has 0 aromatic heterocycles. The topological polar surface area (TPSA) is 78.5 Å². The predicted molar refractivity (Wildman–Crippen MR) is 113 cm³/mol. The highest BCUT2D eigenvalue weighted by molar-refractivity contribution is 6.10. The highest BCUT2D eigenvalue weighted by Gasteiger charge is 2.71. The lowest BCUT2D eigenvalue weighted by molar-refractivity contribution is -0.202. The molecule has 2 atom stereocenters. The van der Waals surface area contributed by atoms with E-state index in [1.54, 1.807) is 17.6 Å². The van der Waals surface area contributed by atoms with Gasteiger partial charge in [0.1, 0.15) is 5.82 Å². The number of amides is 4. The zero-order valence-electron chi connectivity index (χ0n) is 18.8. The fourth-order valence-electron chi connectivity index (χ4n) is 7.50. The van der Waals surface area contributed by atoms with E-state index in [0.717, 1.165) is 67.7 Å². The molecule has 1 aromatic rings. The maximum absolute atomic E-state index is 14.3. The lowest BCUT2D eigenvalue weighted by Gasteiger charge is -2.60. The van der Waals surface area contributed by atoms with E-state index in [9.17, 15) is 31.9 Å². The minimum atomic E-state index is -5.29. The van der Waals surface area contributed by atoms with Gasteiger partial charge in [0, 0.05) is 11.6 Å². The summed E-state index contributed by atoms with van der Waals surface area (Å²) >= 11 is 0. The van der Waals surface area contributed by atoms with Gasteiger partial charge in [-0.1, -0.05) is 6.92 Å². The average Bonchev–Trinajstić information content (AvgIpc) is 2.99. The molecule has 1 saturated heterocycles. The Morgan fingerprint density at radius 1 is 1.09 bits per heavy atom. The third-order valence-electron chi connectivity index (χ3n) is 8.38. The van der Waals surface area contributed by atoms with E-state index >= 15 is 0 Å². The summed E-state index contributed by atoms with van der Waals surface area (Å²) in [4.78, 5) is 39.8. The first-order valence-corrected chi connectivity index (χ1v) is 11.8. The monoisotopic (exact) mass is 481 g/mol. The van der Waals surface area contributed by atoms with Gasteiger partial charge in [-0.25, -0.2) is 9.18 Å². The number of benzene rings is 1. The van der Waals surface area contributed by atoms with Crippen LogP contribution in [0, 0.1) is 29.0 Å². The summed E-state index contributed by atoms with van der Waals surface area (Å²) in [5, 5.41) is 3.49. The van der Waals surface area contributed by atoms with Gasteiger partial charge in [-0.2, -0.15) is 13.2 Å². The van der Waals surface area contributed by atoms with E-state index in [0.29, 0.717) is 24.2 Å². The first kappa shape index (κ1) is 23.1. The van der Waals surface area contributed by atoms with Gasteiger partial charge >= 0.3 is 12.2 Å². The van der Waals surface area contributed by atoms with Crippen molar-refractivity contribution in [2.45, 2.75) is 69.8 Å². The molecule has 1 aromatic carbocycles. The van der Waals surface area contributed by atoms with Crippen LogP contribution in [0.25, 0.3) is 0 Å². The molecular formula is C24H27F4N3O3. The number of carbonyl (C=O) groups is 3. The van der Waals surface area contributed by atoms with Crippen molar-refractivity contribution in [1.29, 1.82) is 0 Å². The molecule has 1 heterocycles. The second kappa shape index (κ2) is 7.68. The van der Waals surface area contributed by atoms with E-state index in [4.69, 9.17) is 0 Å². The molecule has 184 valence electrons. The Bertz CT molecular complexity index is 990. The number of hydrogen-bond acceptors (Lipinski definition) is 3. The van der Waals surface area contributed by atoms with Crippen LogP contribution >= 0.6 is 0 Å². The minimum Gasteiger partial charge on any atom is -0.314 e. The van der Waals surface area contributed by atoms with Gasteiger partial charge in [0.05, 0.1) is 0 Å². The smallest absolute Gasteiger partial charge is 0.314 e. The Morgan fingerprint density at radius 2 is 1.62 bits per heavy atom. The second-order valence-electron chi connectivity index (χ2n) is 10.5. The van der Waals surface area contributed by atoms with Gasteiger partial charge in [0.2, 0.25) is 0 Å². The van der Waals surface area contributed by atoms with Gasteiger partial charge < -0.3 is 5.32 Å². The molecule has 5 aliphatic rings. The Labute approximate surface area is 194 Å². The quantitative estimate of drug-likeness (QED) is 0.485. The first-order valence-electron chi connectivity index (χ1n) is 11.8. The van der Waals surface area contributed by atoms with Crippen molar-refractivity contribution in [2.75, 3.05) is 0 Å². The maximum atomic E-state index is 14.3. The molecule has 0 radical (unpaired) electrons. The van der Waals surface area contributed by atoms with Gasteiger partial charge in [-0.15, -0.1) is 0 Å². The summed E-state index contributed by atoms with van der Waals surface area (Å²) in [6.07, 6.45) is 0.776. The Balaban J connectivity index is 1.48. The van der Waals surface area contributed by atoms with Crippen molar-refractivity contribution >= 4 is 17.8 Å². The number of nitrogens with zero attached hydrogens (tertiary/aromatic N) is 1. The molecule has 4 amide bonds. The molecule has 10 heteroatoms. The third kappa shape index (κ3) is 3.40. The second-order valence-corrected chi connectivity index (χ2v) is 10.5. The molecule has 6 rings (SSSR count). The van der Waals surface area contributed by atoms with Crippen LogP contribution in [0.4, 0.5) is 22.4 Å². The summed E-state index contributed by atoms with van der Waals surface area (Å²) in [6, 6.07) is 2.05.